The summed E-state index contributed by atoms with van der Waals surface area (Å²) in [4.78, 5) is 30.5. The van der Waals surface area contributed by atoms with E-state index >= 15 is 0 Å². The summed E-state index contributed by atoms with van der Waals surface area (Å²) in [5.41, 5.74) is 0.977. The van der Waals surface area contributed by atoms with Crippen LogP contribution >= 0.6 is 0 Å². The maximum atomic E-state index is 12.5. The van der Waals surface area contributed by atoms with Gasteiger partial charge in [-0.3, -0.25) is 0 Å². The van der Waals surface area contributed by atoms with Crippen LogP contribution in [0.2, 0.25) is 0 Å². The van der Waals surface area contributed by atoms with Crippen molar-refractivity contribution in [3.63, 3.8) is 0 Å². The highest BCUT2D eigenvalue weighted by Crippen LogP contribution is 2.26. The van der Waals surface area contributed by atoms with E-state index in [1.54, 1.807) is 9.80 Å². The topological polar surface area (TPSA) is 53.1 Å². The predicted octanol–water partition coefficient (Wildman–Crippen LogP) is 3.96. The first-order valence-corrected chi connectivity index (χ1v) is 10.1. The van der Waals surface area contributed by atoms with E-state index < -0.39 is 0 Å². The van der Waals surface area contributed by atoms with Crippen molar-refractivity contribution in [1.82, 2.24) is 14.7 Å². The summed E-state index contributed by atoms with van der Waals surface area (Å²) < 4.78 is 5.49. The molecule has 2 heterocycles. The number of carbonyl (C=O) groups excluding carboxylic acids is 2. The molecule has 0 aromatic heterocycles. The molecule has 3 amide bonds. The fraction of sp³-hybridized carbons (Fsp3) is 0.619. The van der Waals surface area contributed by atoms with Crippen LogP contribution in [0.4, 0.5) is 9.59 Å². The first kappa shape index (κ1) is 21.1. The number of hydrogen-bond donors (Lipinski definition) is 0. The van der Waals surface area contributed by atoms with Gasteiger partial charge in [0.25, 0.3) is 0 Å². The number of amides is 3. The summed E-state index contributed by atoms with van der Waals surface area (Å²) in [6.45, 7) is 8.56. The van der Waals surface area contributed by atoms with Crippen molar-refractivity contribution in [3.05, 3.63) is 35.9 Å². The molecule has 27 heavy (non-hydrogen) atoms. The van der Waals surface area contributed by atoms with E-state index in [-0.39, 0.29) is 30.8 Å². The number of hydrogen-bond acceptors (Lipinski definition) is 3. The molecule has 1 aromatic carbocycles. The molecule has 6 nitrogen and oxygen atoms in total. The Hall–Kier alpha value is -2.24. The minimum Gasteiger partial charge on any atom is -0.445 e. The minimum absolute atomic E-state index is 0.0347. The Balaban J connectivity index is 0.00000126. The molecule has 3 rings (SSSR count). The number of nitrogens with zero attached hydrogens (tertiary/aromatic N) is 3. The average molecular weight is 376 g/mol. The van der Waals surface area contributed by atoms with Crippen LogP contribution in [-0.2, 0) is 11.3 Å². The highest BCUT2D eigenvalue weighted by atomic mass is 16.6. The van der Waals surface area contributed by atoms with Gasteiger partial charge in [-0.05, 0) is 31.7 Å². The number of ether oxygens (including phenoxy) is 1. The molecule has 150 valence electrons. The molecule has 2 atom stereocenters. The third kappa shape index (κ3) is 5.15. The molecule has 0 spiro atoms. The Morgan fingerprint density at radius 3 is 2.52 bits per heavy atom. The molecule has 2 saturated heterocycles. The number of urea groups is 1. The lowest BCUT2D eigenvalue weighted by Gasteiger charge is -2.46. The van der Waals surface area contributed by atoms with Crippen molar-refractivity contribution >= 4 is 12.1 Å². The summed E-state index contributed by atoms with van der Waals surface area (Å²) in [7, 11) is 1.84. The molecule has 0 unspecified atom stereocenters. The van der Waals surface area contributed by atoms with E-state index in [0.717, 1.165) is 37.9 Å². The van der Waals surface area contributed by atoms with Crippen LogP contribution in [0.3, 0.4) is 0 Å². The van der Waals surface area contributed by atoms with Crippen LogP contribution < -0.4 is 0 Å². The summed E-state index contributed by atoms with van der Waals surface area (Å²) in [6, 6.07) is 9.79. The van der Waals surface area contributed by atoms with Gasteiger partial charge in [0, 0.05) is 26.7 Å². The van der Waals surface area contributed by atoms with Gasteiger partial charge in [-0.25, -0.2) is 9.59 Å². The second kappa shape index (κ2) is 10.2. The van der Waals surface area contributed by atoms with Gasteiger partial charge in [0.2, 0.25) is 0 Å². The zero-order valence-corrected chi connectivity index (χ0v) is 17.1. The van der Waals surface area contributed by atoms with Gasteiger partial charge in [0.15, 0.2) is 0 Å². The Kier molecular flexibility index (Phi) is 7.95. The second-order valence-corrected chi connectivity index (χ2v) is 6.93. The number of rotatable bonds is 3. The van der Waals surface area contributed by atoms with E-state index in [1.165, 1.54) is 0 Å². The fourth-order valence-corrected chi connectivity index (χ4v) is 3.80. The van der Waals surface area contributed by atoms with Crippen LogP contribution in [-0.4, -0.2) is 65.6 Å². The van der Waals surface area contributed by atoms with Gasteiger partial charge in [0.1, 0.15) is 6.61 Å². The Morgan fingerprint density at radius 1 is 1.11 bits per heavy atom. The lowest BCUT2D eigenvalue weighted by molar-refractivity contribution is 0.0286. The maximum Gasteiger partial charge on any atom is 0.410 e. The smallest absolute Gasteiger partial charge is 0.410 e. The minimum atomic E-state index is -0.293. The highest BCUT2D eigenvalue weighted by molar-refractivity contribution is 5.75. The molecule has 6 heteroatoms. The number of carbonyl (C=O) groups is 2. The van der Waals surface area contributed by atoms with Gasteiger partial charge in [-0.2, -0.15) is 0 Å². The van der Waals surface area contributed by atoms with E-state index in [1.807, 2.05) is 63.1 Å². The van der Waals surface area contributed by atoms with E-state index in [2.05, 4.69) is 0 Å². The molecule has 0 N–H and O–H groups in total. The summed E-state index contributed by atoms with van der Waals surface area (Å²) >= 11 is 0. The zero-order valence-electron chi connectivity index (χ0n) is 17.1. The van der Waals surface area contributed by atoms with Gasteiger partial charge >= 0.3 is 12.1 Å². The molecule has 1 aromatic rings. The summed E-state index contributed by atoms with van der Waals surface area (Å²) in [5.74, 6) is 0. The summed E-state index contributed by atoms with van der Waals surface area (Å²) in [5, 5.41) is 0. The molecular formula is C21H33N3O3. The third-order valence-corrected chi connectivity index (χ3v) is 5.25. The highest BCUT2D eigenvalue weighted by Gasteiger charge is 2.39. The van der Waals surface area contributed by atoms with Crippen molar-refractivity contribution in [2.75, 3.05) is 26.7 Å². The maximum absolute atomic E-state index is 12.5. The van der Waals surface area contributed by atoms with Gasteiger partial charge < -0.3 is 19.4 Å². The molecular weight excluding hydrogens is 342 g/mol. The van der Waals surface area contributed by atoms with Crippen molar-refractivity contribution in [2.24, 2.45) is 0 Å². The SMILES string of the molecule is CC.C[C@@H]1[C@H](N2CCCN(C)C2=O)CCCN1C(=O)OCc1ccccc1. The molecule has 0 saturated carbocycles. The van der Waals surface area contributed by atoms with Crippen LogP contribution in [0, 0.1) is 0 Å². The quantitative estimate of drug-likeness (QED) is 0.803. The third-order valence-electron chi connectivity index (χ3n) is 5.25. The molecule has 0 aliphatic carbocycles. The Bertz CT molecular complexity index is 608. The molecule has 2 fully saturated rings. The number of benzene rings is 1. The lowest BCUT2D eigenvalue weighted by Crippen LogP contribution is -2.60. The fourth-order valence-electron chi connectivity index (χ4n) is 3.80. The van der Waals surface area contributed by atoms with Gasteiger partial charge in [-0.15, -0.1) is 0 Å². The van der Waals surface area contributed by atoms with Crippen LogP contribution in [0.5, 0.6) is 0 Å². The van der Waals surface area contributed by atoms with E-state index in [4.69, 9.17) is 4.74 Å². The lowest BCUT2D eigenvalue weighted by atomic mass is 9.95. The normalized spacial score (nSPS) is 22.8. The first-order chi connectivity index (χ1) is 13.1. The van der Waals surface area contributed by atoms with Crippen LogP contribution in [0.25, 0.3) is 0 Å². The average Bonchev–Trinajstić information content (AvgIpc) is 2.71. The Labute approximate surface area is 163 Å². The van der Waals surface area contributed by atoms with Gasteiger partial charge in [-0.1, -0.05) is 44.2 Å². The monoisotopic (exact) mass is 375 g/mol. The van der Waals surface area contributed by atoms with Gasteiger partial charge in [0.05, 0.1) is 12.1 Å². The van der Waals surface area contributed by atoms with Crippen molar-refractivity contribution in [3.8, 4) is 0 Å². The van der Waals surface area contributed by atoms with Crippen molar-refractivity contribution in [1.29, 1.82) is 0 Å². The zero-order chi connectivity index (χ0) is 19.8. The molecule has 0 bridgehead atoms. The standard InChI is InChI=1S/C19H27N3O3.C2H6/c1-15-17(22-13-7-11-20(2)18(22)23)10-6-12-21(15)19(24)25-14-16-8-4-3-5-9-16;1-2/h3-5,8-9,15,17H,6-7,10-14H2,1-2H3;1-2H3/t15-,17-;/m1./s1. The summed E-state index contributed by atoms with van der Waals surface area (Å²) in [6.07, 6.45) is 2.51. The van der Waals surface area contributed by atoms with Crippen LogP contribution in [0.1, 0.15) is 45.6 Å². The molecule has 2 aliphatic rings. The van der Waals surface area contributed by atoms with Crippen molar-refractivity contribution in [2.45, 2.75) is 58.7 Å². The first-order valence-electron chi connectivity index (χ1n) is 10.1. The molecule has 2 aliphatic heterocycles. The Morgan fingerprint density at radius 2 is 1.81 bits per heavy atom. The van der Waals surface area contributed by atoms with Crippen molar-refractivity contribution < 1.29 is 14.3 Å². The van der Waals surface area contributed by atoms with Crippen LogP contribution in [0.15, 0.2) is 30.3 Å². The predicted molar refractivity (Wildman–Crippen MR) is 107 cm³/mol. The number of likely N-dealkylation sites (tertiary alicyclic amines) is 1. The second-order valence-electron chi connectivity index (χ2n) is 6.93. The van der Waals surface area contributed by atoms with E-state index in [0.29, 0.717) is 6.54 Å². The van der Waals surface area contributed by atoms with E-state index in [9.17, 15) is 9.59 Å². The molecule has 0 radical (unpaired) electrons. The number of piperidine rings is 1. The largest absolute Gasteiger partial charge is 0.445 e.